The summed E-state index contributed by atoms with van der Waals surface area (Å²) in [6.07, 6.45) is 0. The van der Waals surface area contributed by atoms with E-state index >= 15 is 0 Å². The van der Waals surface area contributed by atoms with Crippen LogP contribution in [0, 0.1) is 0 Å². The number of benzene rings is 1. The summed E-state index contributed by atoms with van der Waals surface area (Å²) in [5.41, 5.74) is 0. The van der Waals surface area contributed by atoms with E-state index in [-0.39, 0.29) is 0 Å². The molecule has 1 aromatic rings. The van der Waals surface area contributed by atoms with Crippen LogP contribution in [0.15, 0.2) is 38.4 Å². The van der Waals surface area contributed by atoms with E-state index in [9.17, 15) is 0 Å². The third-order valence-corrected chi connectivity index (χ3v) is 3.44. The molecule has 0 aliphatic rings. The second-order valence-electron chi connectivity index (χ2n) is 1.95. The number of ether oxygens (including phenoxy) is 1. The minimum Gasteiger partial charge on any atom is -0.448 e. The second kappa shape index (κ2) is 5.04. The van der Waals surface area contributed by atoms with Gasteiger partial charge in [-0.25, -0.2) is 0 Å². The van der Waals surface area contributed by atoms with Crippen molar-refractivity contribution in [1.29, 1.82) is 0 Å². The van der Waals surface area contributed by atoms with Gasteiger partial charge >= 0.3 is 0 Å². The zero-order chi connectivity index (χ0) is 8.97. The summed E-state index contributed by atoms with van der Waals surface area (Å²) < 4.78 is 6.75. The topological polar surface area (TPSA) is 9.23 Å². The molecule has 0 spiro atoms. The van der Waals surface area contributed by atoms with Crippen molar-refractivity contribution < 1.29 is 4.74 Å². The summed E-state index contributed by atoms with van der Waals surface area (Å²) >= 11 is 9.69. The molecular weight excluding hydrogens is 352 g/mol. The van der Waals surface area contributed by atoms with E-state index in [0.29, 0.717) is 4.67 Å². The third kappa shape index (κ3) is 3.29. The average Bonchev–Trinajstić information content (AvgIpc) is 2.06. The molecule has 0 heterocycles. The van der Waals surface area contributed by atoms with Gasteiger partial charge in [-0.1, -0.05) is 18.2 Å². The van der Waals surface area contributed by atoms with Crippen molar-refractivity contribution in [3.05, 3.63) is 38.4 Å². The van der Waals surface area contributed by atoms with Gasteiger partial charge < -0.3 is 4.74 Å². The lowest BCUT2D eigenvalue weighted by atomic mass is 10.3. The largest absolute Gasteiger partial charge is 0.448 e. The van der Waals surface area contributed by atoms with E-state index in [4.69, 9.17) is 4.74 Å². The fraction of sp³-hybridized carbons (Fsp3) is 0. The average molecular weight is 357 g/mol. The predicted octanol–water partition coefficient (Wildman–Crippen LogP) is 4.38. The number of para-hydroxylation sites is 1. The maximum atomic E-state index is 5.38. The van der Waals surface area contributed by atoms with Crippen LogP contribution >= 0.6 is 47.8 Å². The van der Waals surface area contributed by atoms with Gasteiger partial charge in [0.15, 0.2) is 4.67 Å². The van der Waals surface area contributed by atoms with Gasteiger partial charge in [-0.05, 0) is 59.9 Å². The summed E-state index contributed by atoms with van der Waals surface area (Å²) in [6.45, 7) is 0. The molecule has 0 radical (unpaired) electrons. The van der Waals surface area contributed by atoms with E-state index < -0.39 is 0 Å². The summed E-state index contributed by atoms with van der Waals surface area (Å²) in [6, 6.07) is 9.53. The molecule has 0 saturated carbocycles. The Morgan fingerprint density at radius 2 is 1.58 bits per heavy atom. The van der Waals surface area contributed by atoms with Gasteiger partial charge in [0, 0.05) is 0 Å². The molecule has 4 heteroatoms. The SMILES string of the molecule is BrC(Br)=C(Br)Oc1ccccc1. The Kier molecular flexibility index (Phi) is 4.32. The lowest BCUT2D eigenvalue weighted by molar-refractivity contribution is 0.470. The zero-order valence-electron chi connectivity index (χ0n) is 5.93. The van der Waals surface area contributed by atoms with Gasteiger partial charge in [0.1, 0.15) is 9.14 Å². The molecule has 0 atom stereocenters. The maximum Gasteiger partial charge on any atom is 0.190 e. The first-order valence-electron chi connectivity index (χ1n) is 3.14. The van der Waals surface area contributed by atoms with Crippen LogP contribution in [-0.4, -0.2) is 0 Å². The summed E-state index contributed by atoms with van der Waals surface area (Å²) in [5.74, 6) is 0.792. The number of rotatable bonds is 2. The Morgan fingerprint density at radius 1 is 1.00 bits per heavy atom. The molecule has 64 valence electrons. The molecule has 0 aliphatic carbocycles. The van der Waals surface area contributed by atoms with Crippen molar-refractivity contribution in [2.24, 2.45) is 0 Å². The molecule has 0 fully saturated rings. The van der Waals surface area contributed by atoms with Gasteiger partial charge in [-0.2, -0.15) is 0 Å². The molecule has 0 saturated heterocycles. The van der Waals surface area contributed by atoms with Gasteiger partial charge in [-0.3, -0.25) is 0 Å². The minimum absolute atomic E-state index is 0.619. The first-order chi connectivity index (χ1) is 5.70. The van der Waals surface area contributed by atoms with Crippen LogP contribution in [0.25, 0.3) is 0 Å². The first-order valence-corrected chi connectivity index (χ1v) is 5.51. The highest BCUT2D eigenvalue weighted by Crippen LogP contribution is 2.26. The molecule has 0 unspecified atom stereocenters. The van der Waals surface area contributed by atoms with Crippen molar-refractivity contribution in [3.8, 4) is 5.75 Å². The quantitative estimate of drug-likeness (QED) is 0.715. The normalized spacial score (nSPS) is 9.25. The van der Waals surface area contributed by atoms with Crippen LogP contribution in [0.2, 0.25) is 0 Å². The van der Waals surface area contributed by atoms with Crippen molar-refractivity contribution in [3.63, 3.8) is 0 Å². The van der Waals surface area contributed by atoms with Gasteiger partial charge in [-0.15, -0.1) is 0 Å². The number of halogens is 3. The third-order valence-electron chi connectivity index (χ3n) is 1.10. The second-order valence-corrected chi connectivity index (χ2v) is 5.32. The highest BCUT2D eigenvalue weighted by Gasteiger charge is 1.99. The van der Waals surface area contributed by atoms with Crippen LogP contribution < -0.4 is 4.74 Å². The van der Waals surface area contributed by atoms with Gasteiger partial charge in [0.2, 0.25) is 0 Å². The first kappa shape index (κ1) is 10.3. The summed E-state index contributed by atoms with van der Waals surface area (Å²) in [7, 11) is 0. The van der Waals surface area contributed by atoms with Crippen LogP contribution in [0.4, 0.5) is 0 Å². The molecule has 12 heavy (non-hydrogen) atoms. The Labute approximate surface area is 96.2 Å². The monoisotopic (exact) mass is 354 g/mol. The van der Waals surface area contributed by atoms with E-state index in [2.05, 4.69) is 47.8 Å². The maximum absolute atomic E-state index is 5.38. The summed E-state index contributed by atoms with van der Waals surface area (Å²) in [5, 5.41) is 0. The Hall–Kier alpha value is 0.200. The Balaban J connectivity index is 2.72. The lowest BCUT2D eigenvalue weighted by Crippen LogP contribution is -1.86. The van der Waals surface area contributed by atoms with E-state index in [1.54, 1.807) is 0 Å². The molecule has 0 bridgehead atoms. The molecule has 0 aliphatic heterocycles. The molecule has 1 rings (SSSR count). The van der Waals surface area contributed by atoms with Crippen molar-refractivity contribution in [2.75, 3.05) is 0 Å². The number of hydrogen-bond donors (Lipinski definition) is 0. The van der Waals surface area contributed by atoms with Crippen molar-refractivity contribution in [2.45, 2.75) is 0 Å². The highest BCUT2D eigenvalue weighted by atomic mass is 79.9. The highest BCUT2D eigenvalue weighted by molar-refractivity contribution is 9.29. The summed E-state index contributed by atoms with van der Waals surface area (Å²) in [4.78, 5) is 0. The molecule has 1 nitrogen and oxygen atoms in total. The molecule has 0 N–H and O–H groups in total. The molecular formula is C8H5Br3O. The smallest absolute Gasteiger partial charge is 0.190 e. The molecule has 0 aromatic heterocycles. The van der Waals surface area contributed by atoms with Gasteiger partial charge in [0.05, 0.1) is 0 Å². The lowest BCUT2D eigenvalue weighted by Gasteiger charge is -2.02. The fourth-order valence-corrected chi connectivity index (χ4v) is 0.979. The standard InChI is InChI=1S/C8H5Br3O/c9-7(10)8(11)12-6-4-2-1-3-5-6/h1-5H. The molecule has 0 amide bonds. The van der Waals surface area contributed by atoms with Gasteiger partial charge in [0.25, 0.3) is 0 Å². The van der Waals surface area contributed by atoms with E-state index in [1.807, 2.05) is 30.3 Å². The predicted molar refractivity (Wildman–Crippen MR) is 60.9 cm³/mol. The fourth-order valence-electron chi connectivity index (χ4n) is 0.631. The zero-order valence-corrected chi connectivity index (χ0v) is 10.7. The van der Waals surface area contributed by atoms with E-state index in [0.717, 1.165) is 9.14 Å². The van der Waals surface area contributed by atoms with Crippen LogP contribution in [-0.2, 0) is 0 Å². The number of hydrogen-bond acceptors (Lipinski definition) is 1. The van der Waals surface area contributed by atoms with E-state index in [1.165, 1.54) is 0 Å². The van der Waals surface area contributed by atoms with Crippen LogP contribution in [0.3, 0.4) is 0 Å². The van der Waals surface area contributed by atoms with Crippen LogP contribution in [0.5, 0.6) is 5.75 Å². The molecule has 1 aromatic carbocycles. The minimum atomic E-state index is 0.619. The van der Waals surface area contributed by atoms with Crippen molar-refractivity contribution >= 4 is 47.8 Å². The Morgan fingerprint density at radius 3 is 2.08 bits per heavy atom. The van der Waals surface area contributed by atoms with Crippen molar-refractivity contribution in [1.82, 2.24) is 0 Å². The van der Waals surface area contributed by atoms with Crippen LogP contribution in [0.1, 0.15) is 0 Å². The Bertz CT molecular complexity index is 278.